The lowest BCUT2D eigenvalue weighted by Crippen LogP contribution is -2.54. The van der Waals surface area contributed by atoms with Crippen LogP contribution in [0.25, 0.3) is 11.0 Å². The third kappa shape index (κ3) is 3.16. The second-order valence-corrected chi connectivity index (χ2v) is 10.5. The Morgan fingerprint density at radius 1 is 0.968 bits per heavy atom. The summed E-state index contributed by atoms with van der Waals surface area (Å²) in [5.74, 6) is 0.779. The van der Waals surface area contributed by atoms with Gasteiger partial charge in [-0.15, -0.1) is 0 Å². The molecule has 1 fully saturated rings. The van der Waals surface area contributed by atoms with Gasteiger partial charge in [-0.25, -0.2) is 17.7 Å². The summed E-state index contributed by atoms with van der Waals surface area (Å²) in [7, 11) is -3.27. The molecule has 0 N–H and O–H groups in total. The summed E-state index contributed by atoms with van der Waals surface area (Å²) in [6.07, 6.45) is 0.928. The summed E-state index contributed by atoms with van der Waals surface area (Å²) in [5, 5.41) is 0. The fourth-order valence-corrected chi connectivity index (χ4v) is 6.06. The molecule has 3 aromatic rings. The summed E-state index contributed by atoms with van der Waals surface area (Å²) < 4.78 is 28.4. The number of hydrogen-bond acceptors (Lipinski definition) is 4. The van der Waals surface area contributed by atoms with Gasteiger partial charge in [0.2, 0.25) is 21.9 Å². The van der Waals surface area contributed by atoms with E-state index in [-0.39, 0.29) is 11.7 Å². The Kier molecular flexibility index (Phi) is 4.86. The molecule has 3 heterocycles. The van der Waals surface area contributed by atoms with E-state index in [4.69, 9.17) is 4.98 Å². The molecule has 0 atom stereocenters. The molecule has 31 heavy (non-hydrogen) atoms. The second-order valence-electron chi connectivity index (χ2n) is 8.26. The molecule has 1 amide bonds. The summed E-state index contributed by atoms with van der Waals surface area (Å²) in [4.78, 5) is 20.6. The average Bonchev–Trinajstić information content (AvgIpc) is 3.38. The van der Waals surface area contributed by atoms with Gasteiger partial charge in [0, 0.05) is 26.2 Å². The van der Waals surface area contributed by atoms with E-state index >= 15 is 0 Å². The van der Waals surface area contributed by atoms with Gasteiger partial charge in [-0.05, 0) is 37.5 Å². The maximum absolute atomic E-state index is 14.1. The fourth-order valence-electron chi connectivity index (χ4n) is 4.95. The maximum atomic E-state index is 14.1. The van der Waals surface area contributed by atoms with E-state index in [1.165, 1.54) is 4.31 Å². The van der Waals surface area contributed by atoms with Crippen LogP contribution in [0.5, 0.6) is 0 Å². The molecule has 162 valence electrons. The highest BCUT2D eigenvalue weighted by molar-refractivity contribution is 7.89. The number of carbonyl (C=O) groups is 1. The highest BCUT2D eigenvalue weighted by atomic mass is 32.2. The Balaban J connectivity index is 1.53. The Labute approximate surface area is 182 Å². The Bertz CT molecular complexity index is 1230. The molecular weight excluding hydrogens is 412 g/mol. The van der Waals surface area contributed by atoms with Gasteiger partial charge < -0.3 is 4.57 Å². The first-order chi connectivity index (χ1) is 15.0. The SMILES string of the molecule is CCS(=O)(=O)N1CCC(C(=O)N2CCn3c2nc2ccccc23)(c2ccccc2)CC1. The smallest absolute Gasteiger partial charge is 0.240 e. The van der Waals surface area contributed by atoms with Crippen molar-refractivity contribution in [3.63, 3.8) is 0 Å². The number of amides is 1. The van der Waals surface area contributed by atoms with Crippen LogP contribution in [0.2, 0.25) is 0 Å². The minimum Gasteiger partial charge on any atom is -0.308 e. The van der Waals surface area contributed by atoms with Gasteiger partial charge in [-0.1, -0.05) is 42.5 Å². The van der Waals surface area contributed by atoms with Gasteiger partial charge in [0.25, 0.3) is 0 Å². The van der Waals surface area contributed by atoms with Gasteiger partial charge in [-0.3, -0.25) is 9.69 Å². The number of aromatic nitrogens is 2. The highest BCUT2D eigenvalue weighted by Crippen LogP contribution is 2.40. The van der Waals surface area contributed by atoms with E-state index in [0.29, 0.717) is 45.0 Å². The predicted octanol–water partition coefficient (Wildman–Crippen LogP) is 2.77. The monoisotopic (exact) mass is 438 g/mol. The number of sulfonamides is 1. The lowest BCUT2D eigenvalue weighted by atomic mass is 9.72. The molecule has 0 bridgehead atoms. The quantitative estimate of drug-likeness (QED) is 0.628. The molecule has 5 rings (SSSR count). The number of piperidine rings is 1. The molecule has 1 aromatic heterocycles. The van der Waals surface area contributed by atoms with Crippen LogP contribution in [0.15, 0.2) is 54.6 Å². The fraction of sp³-hybridized carbons (Fsp3) is 0.391. The van der Waals surface area contributed by atoms with Crippen molar-refractivity contribution >= 4 is 32.9 Å². The van der Waals surface area contributed by atoms with Gasteiger partial charge in [0.15, 0.2) is 0 Å². The van der Waals surface area contributed by atoms with Gasteiger partial charge in [-0.2, -0.15) is 0 Å². The van der Waals surface area contributed by atoms with E-state index in [0.717, 1.165) is 16.6 Å². The molecule has 2 aromatic carbocycles. The Hall–Kier alpha value is -2.71. The molecule has 0 saturated carbocycles. The van der Waals surface area contributed by atoms with Gasteiger partial charge >= 0.3 is 0 Å². The number of carbonyl (C=O) groups excluding carboxylic acids is 1. The van der Waals surface area contributed by atoms with Crippen molar-refractivity contribution in [1.29, 1.82) is 0 Å². The zero-order chi connectivity index (χ0) is 21.6. The zero-order valence-corrected chi connectivity index (χ0v) is 18.4. The first kappa shape index (κ1) is 20.2. The van der Waals surface area contributed by atoms with Crippen LogP contribution in [0, 0.1) is 0 Å². The first-order valence-corrected chi connectivity index (χ1v) is 12.4. The predicted molar refractivity (Wildman–Crippen MR) is 120 cm³/mol. The Morgan fingerprint density at radius 3 is 2.35 bits per heavy atom. The van der Waals surface area contributed by atoms with Crippen molar-refractivity contribution in [2.45, 2.75) is 31.7 Å². The number of hydrogen-bond donors (Lipinski definition) is 0. The van der Waals surface area contributed by atoms with Crippen LogP contribution in [0.3, 0.4) is 0 Å². The normalized spacial score (nSPS) is 18.9. The van der Waals surface area contributed by atoms with E-state index in [2.05, 4.69) is 4.57 Å². The summed E-state index contributed by atoms with van der Waals surface area (Å²) >= 11 is 0. The number of para-hydroxylation sites is 2. The van der Waals surface area contributed by atoms with Crippen LogP contribution >= 0.6 is 0 Å². The minimum atomic E-state index is -3.27. The van der Waals surface area contributed by atoms with Crippen LogP contribution in [0.4, 0.5) is 5.95 Å². The topological polar surface area (TPSA) is 75.5 Å². The summed E-state index contributed by atoms with van der Waals surface area (Å²) in [6.45, 7) is 3.65. The number of benzene rings is 2. The van der Waals surface area contributed by atoms with Crippen LogP contribution in [-0.4, -0.2) is 53.6 Å². The highest BCUT2D eigenvalue weighted by Gasteiger charge is 2.48. The second kappa shape index (κ2) is 7.46. The van der Waals surface area contributed by atoms with E-state index in [1.807, 2.05) is 54.6 Å². The summed E-state index contributed by atoms with van der Waals surface area (Å²) in [5.41, 5.74) is 2.11. The molecule has 0 radical (unpaired) electrons. The van der Waals surface area contributed by atoms with Crippen molar-refractivity contribution in [2.75, 3.05) is 30.3 Å². The average molecular weight is 439 g/mol. The molecule has 0 spiro atoms. The molecule has 1 saturated heterocycles. The van der Waals surface area contributed by atoms with Crippen LogP contribution < -0.4 is 4.90 Å². The van der Waals surface area contributed by atoms with E-state index in [9.17, 15) is 13.2 Å². The van der Waals surface area contributed by atoms with E-state index in [1.54, 1.807) is 11.8 Å². The molecule has 0 aliphatic carbocycles. The lowest BCUT2D eigenvalue weighted by Gasteiger charge is -2.42. The number of rotatable bonds is 4. The van der Waals surface area contributed by atoms with Crippen molar-refractivity contribution < 1.29 is 13.2 Å². The molecule has 8 heteroatoms. The molecule has 2 aliphatic rings. The van der Waals surface area contributed by atoms with Crippen LogP contribution in [-0.2, 0) is 26.8 Å². The first-order valence-electron chi connectivity index (χ1n) is 10.8. The molecule has 7 nitrogen and oxygen atoms in total. The molecule has 0 unspecified atom stereocenters. The maximum Gasteiger partial charge on any atom is 0.240 e. The van der Waals surface area contributed by atoms with Gasteiger partial charge in [0.05, 0.1) is 22.2 Å². The third-order valence-electron chi connectivity index (χ3n) is 6.74. The van der Waals surface area contributed by atoms with Crippen molar-refractivity contribution in [3.05, 3.63) is 60.2 Å². The minimum absolute atomic E-state index is 0.0151. The van der Waals surface area contributed by atoms with Crippen molar-refractivity contribution in [2.24, 2.45) is 0 Å². The van der Waals surface area contributed by atoms with Gasteiger partial charge in [0.1, 0.15) is 0 Å². The van der Waals surface area contributed by atoms with Crippen molar-refractivity contribution in [1.82, 2.24) is 13.9 Å². The van der Waals surface area contributed by atoms with Crippen molar-refractivity contribution in [3.8, 4) is 0 Å². The number of imidazole rings is 1. The lowest BCUT2D eigenvalue weighted by molar-refractivity contribution is -0.125. The molecular formula is C23H26N4O3S. The van der Waals surface area contributed by atoms with E-state index < -0.39 is 15.4 Å². The standard InChI is InChI=1S/C23H26N4O3S/c1-2-31(29,30)25-14-12-23(13-15-25,18-8-4-3-5-9-18)21(28)27-17-16-26-20-11-7-6-10-19(20)24-22(26)27/h3-11H,2,12-17H2,1H3. The molecule has 2 aliphatic heterocycles. The largest absolute Gasteiger partial charge is 0.308 e. The van der Waals surface area contributed by atoms with Crippen LogP contribution in [0.1, 0.15) is 25.3 Å². The number of anilines is 1. The number of nitrogens with zero attached hydrogens (tertiary/aromatic N) is 4. The number of fused-ring (bicyclic) bond motifs is 3. The zero-order valence-electron chi connectivity index (χ0n) is 17.6. The third-order valence-corrected chi connectivity index (χ3v) is 8.62. The summed E-state index contributed by atoms with van der Waals surface area (Å²) in [6, 6.07) is 17.7. The Morgan fingerprint density at radius 2 is 1.65 bits per heavy atom.